The maximum Gasteiger partial charge on any atom is 0.146 e. The van der Waals surface area contributed by atoms with Crippen molar-refractivity contribution >= 4 is 5.69 Å². The Balaban J connectivity index is 2.23. The van der Waals surface area contributed by atoms with Gasteiger partial charge in [-0.25, -0.2) is 4.39 Å². The first-order chi connectivity index (χ1) is 9.61. The molecule has 2 N–H and O–H groups in total. The highest BCUT2D eigenvalue weighted by Crippen LogP contribution is 2.24. The predicted octanol–water partition coefficient (Wildman–Crippen LogP) is 3.87. The van der Waals surface area contributed by atoms with Crippen LogP contribution in [0, 0.1) is 5.82 Å². The first-order valence-corrected chi connectivity index (χ1v) is 6.95. The van der Waals surface area contributed by atoms with E-state index in [1.807, 2.05) is 49.1 Å². The van der Waals surface area contributed by atoms with Gasteiger partial charge >= 0.3 is 0 Å². The van der Waals surface area contributed by atoms with E-state index in [-0.39, 0.29) is 11.9 Å². The van der Waals surface area contributed by atoms with E-state index in [4.69, 9.17) is 5.73 Å². The van der Waals surface area contributed by atoms with E-state index in [9.17, 15) is 4.39 Å². The lowest BCUT2D eigenvalue weighted by Crippen LogP contribution is -2.23. The van der Waals surface area contributed by atoms with Crippen molar-refractivity contribution in [2.24, 2.45) is 5.73 Å². The zero-order valence-corrected chi connectivity index (χ0v) is 12.0. The van der Waals surface area contributed by atoms with Crippen LogP contribution in [0.5, 0.6) is 0 Å². The van der Waals surface area contributed by atoms with Gasteiger partial charge in [-0.05, 0) is 37.1 Å². The summed E-state index contributed by atoms with van der Waals surface area (Å²) in [5.74, 6) is -0.211. The second kappa shape index (κ2) is 6.53. The molecular weight excluding hydrogens is 251 g/mol. The van der Waals surface area contributed by atoms with E-state index in [1.165, 1.54) is 11.6 Å². The highest BCUT2D eigenvalue weighted by atomic mass is 19.1. The molecule has 0 amide bonds. The molecule has 2 aromatic carbocycles. The van der Waals surface area contributed by atoms with Crippen LogP contribution < -0.4 is 10.6 Å². The maximum atomic E-state index is 14.3. The fourth-order valence-corrected chi connectivity index (χ4v) is 2.23. The quantitative estimate of drug-likeness (QED) is 0.895. The van der Waals surface area contributed by atoms with Gasteiger partial charge in [0.2, 0.25) is 0 Å². The maximum absolute atomic E-state index is 14.3. The van der Waals surface area contributed by atoms with Crippen molar-refractivity contribution in [3.63, 3.8) is 0 Å². The van der Waals surface area contributed by atoms with Gasteiger partial charge in [0.25, 0.3) is 0 Å². The van der Waals surface area contributed by atoms with Crippen molar-refractivity contribution in [2.75, 3.05) is 11.4 Å². The van der Waals surface area contributed by atoms with Crippen LogP contribution in [0.1, 0.15) is 31.0 Å². The molecule has 0 aliphatic carbocycles. The fraction of sp³-hybridized carbons (Fsp3) is 0.294. The monoisotopic (exact) mass is 272 g/mol. The number of nitrogens with zero attached hydrogens (tertiary/aromatic N) is 1. The Hall–Kier alpha value is -1.87. The lowest BCUT2D eigenvalue weighted by Gasteiger charge is -2.24. The summed E-state index contributed by atoms with van der Waals surface area (Å²) in [6.45, 7) is 5.34. The SMILES string of the molecule is CCN(Cc1ccccc1)c1ccc(C(C)N)cc1F. The Morgan fingerprint density at radius 2 is 1.85 bits per heavy atom. The molecule has 1 unspecified atom stereocenters. The van der Waals surface area contributed by atoms with Gasteiger partial charge < -0.3 is 10.6 Å². The smallest absolute Gasteiger partial charge is 0.146 e. The van der Waals surface area contributed by atoms with Crippen molar-refractivity contribution in [1.82, 2.24) is 0 Å². The summed E-state index contributed by atoms with van der Waals surface area (Å²) in [6.07, 6.45) is 0. The predicted molar refractivity (Wildman–Crippen MR) is 82.2 cm³/mol. The van der Waals surface area contributed by atoms with Crippen molar-refractivity contribution in [1.29, 1.82) is 0 Å². The van der Waals surface area contributed by atoms with E-state index in [0.717, 1.165) is 12.1 Å². The number of anilines is 1. The van der Waals surface area contributed by atoms with E-state index in [1.54, 1.807) is 0 Å². The molecule has 0 heterocycles. The lowest BCUT2D eigenvalue weighted by molar-refractivity contribution is 0.613. The highest BCUT2D eigenvalue weighted by molar-refractivity contribution is 5.50. The van der Waals surface area contributed by atoms with Gasteiger partial charge in [-0.15, -0.1) is 0 Å². The Labute approximate surface area is 120 Å². The second-order valence-corrected chi connectivity index (χ2v) is 5.00. The first-order valence-electron chi connectivity index (χ1n) is 6.95. The molecular formula is C17H21FN2. The zero-order chi connectivity index (χ0) is 14.5. The van der Waals surface area contributed by atoms with E-state index < -0.39 is 0 Å². The van der Waals surface area contributed by atoms with Crippen LogP contribution >= 0.6 is 0 Å². The molecule has 2 nitrogen and oxygen atoms in total. The van der Waals surface area contributed by atoms with Crippen LogP contribution in [0.2, 0.25) is 0 Å². The number of hydrogen-bond donors (Lipinski definition) is 1. The number of nitrogens with two attached hydrogens (primary N) is 1. The molecule has 0 aromatic heterocycles. The molecule has 2 rings (SSSR count). The first kappa shape index (κ1) is 14.5. The Morgan fingerprint density at radius 1 is 1.15 bits per heavy atom. The summed E-state index contributed by atoms with van der Waals surface area (Å²) in [5, 5.41) is 0. The third-order valence-electron chi connectivity index (χ3n) is 3.44. The summed E-state index contributed by atoms with van der Waals surface area (Å²) >= 11 is 0. The molecule has 0 spiro atoms. The molecule has 0 saturated heterocycles. The topological polar surface area (TPSA) is 29.3 Å². The number of hydrogen-bond acceptors (Lipinski definition) is 2. The average Bonchev–Trinajstić information content (AvgIpc) is 2.46. The minimum atomic E-state index is -0.211. The van der Waals surface area contributed by atoms with E-state index >= 15 is 0 Å². The Morgan fingerprint density at radius 3 is 2.40 bits per heavy atom. The van der Waals surface area contributed by atoms with Gasteiger partial charge in [0, 0.05) is 19.1 Å². The van der Waals surface area contributed by atoms with Crippen LogP contribution in [0.15, 0.2) is 48.5 Å². The van der Waals surface area contributed by atoms with Crippen molar-refractivity contribution in [3.05, 3.63) is 65.5 Å². The summed E-state index contributed by atoms with van der Waals surface area (Å²) in [4.78, 5) is 2.02. The van der Waals surface area contributed by atoms with Crippen molar-refractivity contribution < 1.29 is 4.39 Å². The summed E-state index contributed by atoms with van der Waals surface area (Å²) in [6, 6.07) is 15.2. The van der Waals surface area contributed by atoms with Crippen LogP contribution in [-0.2, 0) is 6.54 Å². The van der Waals surface area contributed by atoms with Gasteiger partial charge in [0.15, 0.2) is 0 Å². The zero-order valence-electron chi connectivity index (χ0n) is 12.0. The minimum Gasteiger partial charge on any atom is -0.365 e. The summed E-state index contributed by atoms with van der Waals surface area (Å²) in [7, 11) is 0. The molecule has 0 fully saturated rings. The molecule has 106 valence electrons. The molecule has 0 aliphatic heterocycles. The van der Waals surface area contributed by atoms with Crippen molar-refractivity contribution in [3.8, 4) is 0 Å². The molecule has 0 radical (unpaired) electrons. The van der Waals surface area contributed by atoms with Crippen LogP contribution in [0.4, 0.5) is 10.1 Å². The largest absolute Gasteiger partial charge is 0.365 e. The lowest BCUT2D eigenvalue weighted by atomic mass is 10.1. The Kier molecular flexibility index (Phi) is 4.74. The van der Waals surface area contributed by atoms with E-state index in [2.05, 4.69) is 12.1 Å². The van der Waals surface area contributed by atoms with Crippen molar-refractivity contribution in [2.45, 2.75) is 26.4 Å². The van der Waals surface area contributed by atoms with Gasteiger partial charge in [-0.2, -0.15) is 0 Å². The average molecular weight is 272 g/mol. The normalized spacial score (nSPS) is 12.2. The molecule has 3 heteroatoms. The van der Waals surface area contributed by atoms with Gasteiger partial charge in [0.05, 0.1) is 5.69 Å². The Bertz CT molecular complexity index is 552. The standard InChI is InChI=1S/C17H21FN2/c1-3-20(12-14-7-5-4-6-8-14)17-10-9-15(13(2)19)11-16(17)18/h4-11,13H,3,12,19H2,1-2H3. The highest BCUT2D eigenvalue weighted by Gasteiger charge is 2.12. The third-order valence-corrected chi connectivity index (χ3v) is 3.44. The van der Waals surface area contributed by atoms with Crippen LogP contribution in [0.3, 0.4) is 0 Å². The molecule has 0 saturated carbocycles. The number of rotatable bonds is 5. The fourth-order valence-electron chi connectivity index (χ4n) is 2.23. The molecule has 20 heavy (non-hydrogen) atoms. The molecule has 2 aromatic rings. The second-order valence-electron chi connectivity index (χ2n) is 5.00. The molecule has 1 atom stereocenters. The van der Waals surface area contributed by atoms with Crippen LogP contribution in [-0.4, -0.2) is 6.54 Å². The molecule has 0 bridgehead atoms. The van der Waals surface area contributed by atoms with Gasteiger partial charge in [0.1, 0.15) is 5.82 Å². The van der Waals surface area contributed by atoms with Gasteiger partial charge in [-0.1, -0.05) is 36.4 Å². The summed E-state index contributed by atoms with van der Waals surface area (Å²) in [5.41, 5.74) is 8.40. The van der Waals surface area contributed by atoms with E-state index in [0.29, 0.717) is 12.2 Å². The minimum absolute atomic E-state index is 0.150. The molecule has 0 aliphatic rings. The number of halogens is 1. The number of benzene rings is 2. The van der Waals surface area contributed by atoms with Crippen LogP contribution in [0.25, 0.3) is 0 Å². The summed E-state index contributed by atoms with van der Waals surface area (Å²) < 4.78 is 14.3. The van der Waals surface area contributed by atoms with Gasteiger partial charge in [-0.3, -0.25) is 0 Å². The third kappa shape index (κ3) is 3.36.